The van der Waals surface area contributed by atoms with E-state index >= 15 is 0 Å². The van der Waals surface area contributed by atoms with Crippen molar-refractivity contribution >= 4 is 11.0 Å². The lowest BCUT2D eigenvalue weighted by Gasteiger charge is -2.28. The first-order valence-corrected chi connectivity index (χ1v) is 8.90. The molecule has 1 aliphatic carbocycles. The summed E-state index contributed by atoms with van der Waals surface area (Å²) in [6, 6.07) is 5.57. The molecule has 1 saturated heterocycles. The van der Waals surface area contributed by atoms with Crippen LogP contribution >= 0.6 is 0 Å². The molecule has 0 radical (unpaired) electrons. The number of aliphatic hydroxyl groups is 1. The minimum atomic E-state index is -0.569. The zero-order valence-corrected chi connectivity index (χ0v) is 14.2. The normalized spacial score (nSPS) is 19.1. The lowest BCUT2D eigenvalue weighted by molar-refractivity contribution is 0.00466. The van der Waals surface area contributed by atoms with Crippen LogP contribution in [0.1, 0.15) is 17.5 Å². The number of β-amino-alcohol motifs (C(OH)–C–C–N with tert-alkyl or cyclic N) is 1. The summed E-state index contributed by atoms with van der Waals surface area (Å²) in [7, 11) is 0. The van der Waals surface area contributed by atoms with Gasteiger partial charge in [0.2, 0.25) is 0 Å². The van der Waals surface area contributed by atoms with E-state index in [4.69, 9.17) is 13.9 Å². The first kappa shape index (κ1) is 16.6. The molecular weight excluding hydrogens is 322 g/mol. The Balaban J connectivity index is 1.43. The fourth-order valence-electron chi connectivity index (χ4n) is 3.68. The monoisotopic (exact) mass is 345 g/mol. The highest BCUT2D eigenvalue weighted by Gasteiger charge is 2.20. The Morgan fingerprint density at radius 1 is 1.20 bits per heavy atom. The number of morpholine rings is 1. The number of ether oxygens (including phenoxy) is 2. The molecule has 1 aromatic heterocycles. The van der Waals surface area contributed by atoms with E-state index < -0.39 is 6.10 Å². The Labute approximate surface area is 145 Å². The minimum Gasteiger partial charge on any atom is -0.491 e. The highest BCUT2D eigenvalue weighted by molar-refractivity contribution is 5.83. The Morgan fingerprint density at radius 3 is 2.84 bits per heavy atom. The summed E-state index contributed by atoms with van der Waals surface area (Å²) in [4.78, 5) is 14.2. The van der Waals surface area contributed by atoms with Crippen LogP contribution in [0, 0.1) is 0 Å². The van der Waals surface area contributed by atoms with Gasteiger partial charge >= 0.3 is 5.63 Å². The number of hydrogen-bond acceptors (Lipinski definition) is 6. The number of aliphatic hydroxyl groups excluding tert-OH is 1. The van der Waals surface area contributed by atoms with E-state index in [0.29, 0.717) is 31.1 Å². The predicted molar refractivity (Wildman–Crippen MR) is 93.3 cm³/mol. The molecule has 4 rings (SSSR count). The third-order valence-electron chi connectivity index (χ3n) is 4.96. The zero-order valence-electron chi connectivity index (χ0n) is 14.2. The van der Waals surface area contributed by atoms with Gasteiger partial charge < -0.3 is 19.0 Å². The van der Waals surface area contributed by atoms with Gasteiger partial charge in [-0.15, -0.1) is 0 Å². The molecule has 6 nitrogen and oxygen atoms in total. The van der Waals surface area contributed by atoms with Crippen molar-refractivity contribution in [1.29, 1.82) is 0 Å². The molecule has 0 unspecified atom stereocenters. The van der Waals surface area contributed by atoms with Crippen molar-refractivity contribution in [2.45, 2.75) is 25.4 Å². The number of fused-ring (bicyclic) bond motifs is 3. The van der Waals surface area contributed by atoms with Gasteiger partial charge in [-0.2, -0.15) is 0 Å². The maximum atomic E-state index is 12.1. The summed E-state index contributed by atoms with van der Waals surface area (Å²) in [6.07, 6.45) is 2.17. The lowest BCUT2D eigenvalue weighted by atomic mass is 10.1. The van der Waals surface area contributed by atoms with Gasteiger partial charge in [-0.1, -0.05) is 0 Å². The van der Waals surface area contributed by atoms with Crippen LogP contribution in [0.4, 0.5) is 0 Å². The quantitative estimate of drug-likeness (QED) is 0.825. The van der Waals surface area contributed by atoms with Crippen LogP contribution < -0.4 is 10.4 Å². The van der Waals surface area contributed by atoms with E-state index in [9.17, 15) is 9.90 Å². The van der Waals surface area contributed by atoms with Gasteiger partial charge in [-0.05, 0) is 37.0 Å². The fourth-order valence-corrected chi connectivity index (χ4v) is 3.68. The Hall–Kier alpha value is -1.89. The maximum absolute atomic E-state index is 12.1. The molecule has 1 fully saturated rings. The molecule has 1 atom stereocenters. The molecule has 2 heterocycles. The van der Waals surface area contributed by atoms with Gasteiger partial charge in [0.15, 0.2) is 0 Å². The SMILES string of the molecule is O=c1oc2cc(OC[C@@H](O)CN3CCOCC3)ccc2c2c1CCC2. The van der Waals surface area contributed by atoms with Crippen LogP contribution in [0.2, 0.25) is 0 Å². The van der Waals surface area contributed by atoms with Crippen LogP contribution in [0.5, 0.6) is 5.75 Å². The van der Waals surface area contributed by atoms with Crippen molar-refractivity contribution in [2.24, 2.45) is 0 Å². The lowest BCUT2D eigenvalue weighted by Crippen LogP contribution is -2.42. The molecule has 25 heavy (non-hydrogen) atoms. The smallest absolute Gasteiger partial charge is 0.339 e. The number of rotatable bonds is 5. The van der Waals surface area contributed by atoms with Crippen molar-refractivity contribution in [3.8, 4) is 5.75 Å². The molecule has 2 aromatic rings. The standard InChI is InChI=1S/C19H23NO5/c21-13(11-20-6-8-23-9-7-20)12-24-14-4-5-16-15-2-1-3-17(15)19(22)25-18(16)10-14/h4-5,10,13,21H,1-3,6-9,11-12H2/t13-/m0/s1. The molecule has 1 N–H and O–H groups in total. The molecule has 6 heteroatoms. The highest BCUT2D eigenvalue weighted by Crippen LogP contribution is 2.29. The number of aryl methyl sites for hydroxylation is 1. The molecule has 1 aromatic carbocycles. The van der Waals surface area contributed by atoms with Crippen molar-refractivity contribution < 1.29 is 19.0 Å². The van der Waals surface area contributed by atoms with E-state index in [0.717, 1.165) is 48.9 Å². The second kappa shape index (κ2) is 7.15. The van der Waals surface area contributed by atoms with Gasteiger partial charge in [-0.3, -0.25) is 4.90 Å². The topological polar surface area (TPSA) is 72.1 Å². The molecule has 0 amide bonds. The Bertz CT molecular complexity index is 809. The fraction of sp³-hybridized carbons (Fsp3) is 0.526. The first-order chi connectivity index (χ1) is 12.2. The van der Waals surface area contributed by atoms with Gasteiger partial charge in [0.25, 0.3) is 0 Å². The molecule has 0 bridgehead atoms. The summed E-state index contributed by atoms with van der Waals surface area (Å²) < 4.78 is 16.5. The Morgan fingerprint density at radius 2 is 2.00 bits per heavy atom. The largest absolute Gasteiger partial charge is 0.491 e. The van der Waals surface area contributed by atoms with Crippen LogP contribution in [0.15, 0.2) is 27.4 Å². The third-order valence-corrected chi connectivity index (χ3v) is 4.96. The zero-order chi connectivity index (χ0) is 17.2. The van der Waals surface area contributed by atoms with Gasteiger partial charge in [-0.25, -0.2) is 4.79 Å². The first-order valence-electron chi connectivity index (χ1n) is 8.90. The summed E-state index contributed by atoms with van der Waals surface area (Å²) in [5.41, 5.74) is 2.27. The van der Waals surface area contributed by atoms with Crippen molar-refractivity contribution in [3.63, 3.8) is 0 Å². The van der Waals surface area contributed by atoms with Crippen LogP contribution in [0.25, 0.3) is 11.0 Å². The number of hydrogen-bond donors (Lipinski definition) is 1. The summed E-state index contributed by atoms with van der Waals surface area (Å²) in [6.45, 7) is 3.87. The summed E-state index contributed by atoms with van der Waals surface area (Å²) in [5, 5.41) is 11.2. The van der Waals surface area contributed by atoms with E-state index in [1.165, 1.54) is 0 Å². The van der Waals surface area contributed by atoms with E-state index in [-0.39, 0.29) is 12.2 Å². The molecule has 2 aliphatic rings. The van der Waals surface area contributed by atoms with Gasteiger partial charge in [0.05, 0.1) is 13.2 Å². The van der Waals surface area contributed by atoms with Crippen molar-refractivity contribution in [2.75, 3.05) is 39.5 Å². The number of nitrogens with zero attached hydrogens (tertiary/aromatic N) is 1. The molecular formula is C19H23NO5. The van der Waals surface area contributed by atoms with Gasteiger partial charge in [0.1, 0.15) is 24.0 Å². The average molecular weight is 345 g/mol. The van der Waals surface area contributed by atoms with E-state index in [1.54, 1.807) is 6.07 Å². The van der Waals surface area contributed by atoms with Crippen LogP contribution in [-0.4, -0.2) is 55.6 Å². The van der Waals surface area contributed by atoms with Crippen molar-refractivity contribution in [1.82, 2.24) is 4.90 Å². The maximum Gasteiger partial charge on any atom is 0.339 e. The average Bonchev–Trinajstić information content (AvgIpc) is 3.11. The Kier molecular flexibility index (Phi) is 4.74. The third kappa shape index (κ3) is 3.56. The summed E-state index contributed by atoms with van der Waals surface area (Å²) >= 11 is 0. The summed E-state index contributed by atoms with van der Waals surface area (Å²) in [5.74, 6) is 0.606. The molecule has 0 saturated carbocycles. The van der Waals surface area contributed by atoms with Crippen molar-refractivity contribution in [3.05, 3.63) is 39.7 Å². The van der Waals surface area contributed by atoms with Crippen LogP contribution in [-0.2, 0) is 17.6 Å². The van der Waals surface area contributed by atoms with Gasteiger partial charge in [0, 0.05) is 36.7 Å². The van der Waals surface area contributed by atoms with E-state index in [2.05, 4.69) is 4.90 Å². The predicted octanol–water partition coefficient (Wildman–Crippen LogP) is 1.35. The van der Waals surface area contributed by atoms with E-state index in [1.807, 2.05) is 12.1 Å². The number of benzene rings is 1. The molecule has 1 aliphatic heterocycles. The highest BCUT2D eigenvalue weighted by atomic mass is 16.5. The minimum absolute atomic E-state index is 0.206. The van der Waals surface area contributed by atoms with Crippen LogP contribution in [0.3, 0.4) is 0 Å². The molecule has 0 spiro atoms. The second-order valence-electron chi connectivity index (χ2n) is 6.74. The second-order valence-corrected chi connectivity index (χ2v) is 6.74. The molecule has 134 valence electrons.